The molecule has 5 nitrogen and oxygen atoms in total. The quantitative estimate of drug-likeness (QED) is 0.891. The summed E-state index contributed by atoms with van der Waals surface area (Å²) in [6.07, 6.45) is 3.32. The fourth-order valence-electron chi connectivity index (χ4n) is 1.90. The van der Waals surface area contributed by atoms with Crippen molar-refractivity contribution in [1.29, 1.82) is 0 Å². The summed E-state index contributed by atoms with van der Waals surface area (Å²) < 4.78 is 0. The van der Waals surface area contributed by atoms with Gasteiger partial charge in [0.2, 0.25) is 5.96 Å². The summed E-state index contributed by atoms with van der Waals surface area (Å²) in [6, 6.07) is 5.25. The summed E-state index contributed by atoms with van der Waals surface area (Å²) in [5, 5.41) is 4.39. The summed E-state index contributed by atoms with van der Waals surface area (Å²) in [5.74, 6) is 0.663. The number of nitrogens with two attached hydrogens (primary N) is 1. The lowest BCUT2D eigenvalue weighted by molar-refractivity contribution is 0.299. The van der Waals surface area contributed by atoms with Crippen LogP contribution in [0.1, 0.15) is 0 Å². The number of aliphatic imine (C=N–C) groups is 1. The van der Waals surface area contributed by atoms with Crippen LogP contribution in [-0.2, 0) is 0 Å². The summed E-state index contributed by atoms with van der Waals surface area (Å²) in [7, 11) is 4.03. The molecule has 0 aliphatic carbocycles. The predicted octanol–water partition coefficient (Wildman–Crippen LogP) is 2.44. The lowest BCUT2D eigenvalue weighted by Crippen LogP contribution is -2.51. The number of guanidine groups is 1. The van der Waals surface area contributed by atoms with Crippen molar-refractivity contribution in [2.45, 2.75) is 6.17 Å². The Morgan fingerprint density at radius 1 is 1.38 bits per heavy atom. The highest BCUT2D eigenvalue weighted by Gasteiger charge is 2.20. The molecule has 1 atom stereocenters. The van der Waals surface area contributed by atoms with Gasteiger partial charge in [-0.15, -0.1) is 0 Å². The van der Waals surface area contributed by atoms with Gasteiger partial charge in [0, 0.05) is 24.3 Å². The molecule has 0 saturated heterocycles. The standard InChI is InChI=1S/C14H19Cl2N5/c1-20(2)7-8-21-13(17)5-6-18-14(21)19-12-9-10(15)3-4-11(12)16/h3-6,9,13H,7-8,17H2,1-2H3,(H,18,19). The Balaban J connectivity index is 2.17. The van der Waals surface area contributed by atoms with Crippen molar-refractivity contribution in [3.63, 3.8) is 0 Å². The third-order valence-electron chi connectivity index (χ3n) is 3.08. The molecule has 0 spiro atoms. The van der Waals surface area contributed by atoms with Crippen molar-refractivity contribution in [2.24, 2.45) is 10.7 Å². The molecule has 21 heavy (non-hydrogen) atoms. The first-order valence-electron chi connectivity index (χ1n) is 6.61. The van der Waals surface area contributed by atoms with Crippen molar-refractivity contribution in [3.05, 3.63) is 40.5 Å². The molecular weight excluding hydrogens is 309 g/mol. The maximum atomic E-state index is 6.17. The number of rotatable bonds is 4. The Morgan fingerprint density at radius 2 is 2.14 bits per heavy atom. The van der Waals surface area contributed by atoms with Crippen molar-refractivity contribution in [1.82, 2.24) is 9.80 Å². The molecule has 0 radical (unpaired) electrons. The van der Waals surface area contributed by atoms with E-state index in [9.17, 15) is 0 Å². The van der Waals surface area contributed by atoms with Gasteiger partial charge in [0.15, 0.2) is 0 Å². The second-order valence-corrected chi connectivity index (χ2v) is 5.87. The Labute approximate surface area is 135 Å². The Kier molecular flexibility index (Phi) is 5.47. The maximum Gasteiger partial charge on any atom is 0.204 e. The van der Waals surface area contributed by atoms with E-state index in [4.69, 9.17) is 28.9 Å². The van der Waals surface area contributed by atoms with Gasteiger partial charge in [-0.05, 0) is 38.4 Å². The van der Waals surface area contributed by atoms with Crippen LogP contribution in [-0.4, -0.2) is 49.1 Å². The van der Waals surface area contributed by atoms with E-state index in [0.717, 1.165) is 13.1 Å². The minimum atomic E-state index is -0.220. The summed E-state index contributed by atoms with van der Waals surface area (Å²) in [6.45, 7) is 1.62. The monoisotopic (exact) mass is 327 g/mol. The first-order valence-corrected chi connectivity index (χ1v) is 7.36. The molecule has 1 aromatic carbocycles. The largest absolute Gasteiger partial charge is 0.324 e. The number of hydrogen-bond donors (Lipinski definition) is 2. The molecular formula is C14H19Cl2N5. The van der Waals surface area contributed by atoms with Gasteiger partial charge < -0.3 is 20.9 Å². The van der Waals surface area contributed by atoms with Crippen LogP contribution in [0.5, 0.6) is 0 Å². The zero-order valence-corrected chi connectivity index (χ0v) is 13.6. The van der Waals surface area contributed by atoms with Crippen LogP contribution >= 0.6 is 23.2 Å². The van der Waals surface area contributed by atoms with Gasteiger partial charge in [0.05, 0.1) is 10.7 Å². The minimum Gasteiger partial charge on any atom is -0.324 e. The van der Waals surface area contributed by atoms with Gasteiger partial charge in [-0.25, -0.2) is 4.99 Å². The van der Waals surface area contributed by atoms with Crippen molar-refractivity contribution >= 4 is 34.8 Å². The van der Waals surface area contributed by atoms with Gasteiger partial charge in [-0.1, -0.05) is 23.2 Å². The lowest BCUT2D eigenvalue weighted by Gasteiger charge is -2.33. The Bertz CT molecular complexity index is 556. The highest BCUT2D eigenvalue weighted by atomic mass is 35.5. The van der Waals surface area contributed by atoms with E-state index >= 15 is 0 Å². The zero-order chi connectivity index (χ0) is 15.4. The highest BCUT2D eigenvalue weighted by molar-refractivity contribution is 6.35. The number of benzene rings is 1. The molecule has 0 amide bonds. The Morgan fingerprint density at radius 3 is 2.86 bits per heavy atom. The average molecular weight is 328 g/mol. The van der Waals surface area contributed by atoms with E-state index in [2.05, 4.69) is 15.2 Å². The third kappa shape index (κ3) is 4.35. The third-order valence-corrected chi connectivity index (χ3v) is 3.64. The van der Waals surface area contributed by atoms with Gasteiger partial charge in [-0.3, -0.25) is 0 Å². The smallest absolute Gasteiger partial charge is 0.204 e. The first kappa shape index (κ1) is 16.1. The maximum absolute atomic E-state index is 6.17. The fourth-order valence-corrected chi connectivity index (χ4v) is 2.24. The van der Waals surface area contributed by atoms with Crippen molar-refractivity contribution in [3.8, 4) is 0 Å². The number of likely N-dealkylation sites (N-methyl/N-ethyl adjacent to an activating group) is 1. The molecule has 0 aromatic heterocycles. The fraction of sp³-hybridized carbons (Fsp3) is 0.357. The minimum absolute atomic E-state index is 0.220. The highest BCUT2D eigenvalue weighted by Crippen LogP contribution is 2.26. The summed E-state index contributed by atoms with van der Waals surface area (Å²) in [4.78, 5) is 8.43. The molecule has 1 aromatic rings. The molecule has 0 saturated carbocycles. The zero-order valence-electron chi connectivity index (χ0n) is 12.1. The van der Waals surface area contributed by atoms with Crippen LogP contribution < -0.4 is 11.1 Å². The second-order valence-electron chi connectivity index (χ2n) is 5.03. The topological polar surface area (TPSA) is 56.9 Å². The molecule has 1 unspecified atom stereocenters. The van der Waals surface area contributed by atoms with Crippen LogP contribution in [0.15, 0.2) is 35.5 Å². The van der Waals surface area contributed by atoms with Crippen LogP contribution in [0, 0.1) is 0 Å². The van der Waals surface area contributed by atoms with E-state index in [1.165, 1.54) is 0 Å². The van der Waals surface area contributed by atoms with Crippen LogP contribution in [0.4, 0.5) is 5.69 Å². The van der Waals surface area contributed by atoms with E-state index < -0.39 is 0 Å². The SMILES string of the molecule is CN(C)CCN1C(Nc2cc(Cl)ccc2Cl)=NC=CC1N. The lowest BCUT2D eigenvalue weighted by atomic mass is 10.3. The number of nitrogens with one attached hydrogen (secondary N) is 1. The van der Waals surface area contributed by atoms with Crippen molar-refractivity contribution < 1.29 is 0 Å². The number of halogens is 2. The second kappa shape index (κ2) is 7.13. The molecule has 7 heteroatoms. The van der Waals surface area contributed by atoms with E-state index in [1.807, 2.05) is 25.1 Å². The molecule has 0 bridgehead atoms. The van der Waals surface area contributed by atoms with Crippen LogP contribution in [0.25, 0.3) is 0 Å². The molecule has 0 fully saturated rings. The van der Waals surface area contributed by atoms with Crippen LogP contribution in [0.3, 0.4) is 0 Å². The summed E-state index contributed by atoms with van der Waals surface area (Å²) >= 11 is 12.2. The van der Waals surface area contributed by atoms with Gasteiger partial charge in [0.25, 0.3) is 0 Å². The predicted molar refractivity (Wildman–Crippen MR) is 89.9 cm³/mol. The number of anilines is 1. The van der Waals surface area contributed by atoms with E-state index in [0.29, 0.717) is 21.7 Å². The molecule has 1 aliphatic rings. The number of nitrogens with zero attached hydrogens (tertiary/aromatic N) is 3. The van der Waals surface area contributed by atoms with Gasteiger partial charge in [0.1, 0.15) is 6.17 Å². The molecule has 114 valence electrons. The van der Waals surface area contributed by atoms with Crippen molar-refractivity contribution in [2.75, 3.05) is 32.5 Å². The normalized spacial score (nSPS) is 18.1. The molecule has 1 aliphatic heterocycles. The van der Waals surface area contributed by atoms with Gasteiger partial charge >= 0.3 is 0 Å². The van der Waals surface area contributed by atoms with Crippen LogP contribution in [0.2, 0.25) is 10.0 Å². The molecule has 3 N–H and O–H groups in total. The average Bonchev–Trinajstić information content (AvgIpc) is 2.42. The number of hydrogen-bond acceptors (Lipinski definition) is 5. The first-order chi connectivity index (χ1) is 9.97. The molecule has 2 rings (SSSR count). The Hall–Kier alpha value is -1.27. The van der Waals surface area contributed by atoms with E-state index in [1.54, 1.807) is 24.4 Å². The molecule has 1 heterocycles. The summed E-state index contributed by atoms with van der Waals surface area (Å²) in [5.41, 5.74) is 6.83. The van der Waals surface area contributed by atoms with Gasteiger partial charge in [-0.2, -0.15) is 0 Å². The van der Waals surface area contributed by atoms with E-state index in [-0.39, 0.29) is 6.17 Å².